The largest absolute Gasteiger partial charge is 0.744 e. The maximum Gasteiger partial charge on any atom is 0.303 e. The molecule has 11 nitrogen and oxygen atoms in total. The summed E-state index contributed by atoms with van der Waals surface area (Å²) >= 11 is 0. The fraction of sp³-hybridized carbons (Fsp3) is 0.333. The Hall–Kier alpha value is -4.92. The zero-order valence-corrected chi connectivity index (χ0v) is 34.3. The third-order valence-corrected chi connectivity index (χ3v) is 12.6. The van der Waals surface area contributed by atoms with Crippen LogP contribution in [0.15, 0.2) is 119 Å². The minimum Gasteiger partial charge on any atom is -0.744 e. The van der Waals surface area contributed by atoms with Crippen molar-refractivity contribution in [3.05, 3.63) is 120 Å². The number of carbonyl (C=O) groups is 1. The van der Waals surface area contributed by atoms with Crippen LogP contribution in [0.3, 0.4) is 0 Å². The van der Waals surface area contributed by atoms with E-state index in [1.165, 1.54) is 28.1 Å². The normalized spacial score (nSPS) is 17.0. The number of aliphatic carboxylic acids is 1. The van der Waals surface area contributed by atoms with Crippen LogP contribution < -0.4 is 4.90 Å². The first kappa shape index (κ1) is 44.2. The van der Waals surface area contributed by atoms with Gasteiger partial charge in [0.15, 0.2) is 5.71 Å². The number of rotatable bonds is 15. The van der Waals surface area contributed by atoms with Gasteiger partial charge >= 0.3 is 5.97 Å². The van der Waals surface area contributed by atoms with E-state index in [1.54, 1.807) is 13.2 Å². The van der Waals surface area contributed by atoms with E-state index in [2.05, 4.69) is 61.2 Å². The number of fused-ring (bicyclic) bond motifs is 6. The molecule has 6 rings (SSSR count). The van der Waals surface area contributed by atoms with Gasteiger partial charge in [-0.3, -0.25) is 4.79 Å². The minimum absolute atomic E-state index is 0. The lowest BCUT2D eigenvalue weighted by Gasteiger charge is -2.26. The van der Waals surface area contributed by atoms with E-state index in [9.17, 15) is 30.7 Å². The van der Waals surface area contributed by atoms with Crippen molar-refractivity contribution in [2.45, 2.75) is 81.4 Å². The summed E-state index contributed by atoms with van der Waals surface area (Å²) in [5.41, 5.74) is 4.55. The molecular formula is C45H51N2O9S2-. The van der Waals surface area contributed by atoms with Crippen molar-refractivity contribution in [2.24, 2.45) is 0 Å². The fourth-order valence-electron chi connectivity index (χ4n) is 8.40. The molecule has 0 aromatic heterocycles. The average Bonchev–Trinajstić information content (AvgIpc) is 3.50. The quantitative estimate of drug-likeness (QED) is 0.0532. The molecule has 2 heterocycles. The molecule has 1 N–H and O–H groups in total. The Labute approximate surface area is 341 Å². The van der Waals surface area contributed by atoms with Crippen LogP contribution in [0.4, 0.5) is 11.4 Å². The van der Waals surface area contributed by atoms with Gasteiger partial charge in [0.1, 0.15) is 26.8 Å². The molecule has 0 spiro atoms. The molecule has 0 unspecified atom stereocenters. The third-order valence-electron chi connectivity index (χ3n) is 11.0. The molecule has 0 fully saturated rings. The Morgan fingerprint density at radius 3 is 2.21 bits per heavy atom. The molecule has 0 amide bonds. The average molecular weight is 828 g/mol. The van der Waals surface area contributed by atoms with E-state index in [0.29, 0.717) is 56.3 Å². The molecule has 0 saturated carbocycles. The molecule has 2 aliphatic heterocycles. The summed E-state index contributed by atoms with van der Waals surface area (Å²) in [4.78, 5) is 11.9. The Morgan fingerprint density at radius 1 is 0.810 bits per heavy atom. The number of anilines is 1. The first-order valence-electron chi connectivity index (χ1n) is 18.8. The van der Waals surface area contributed by atoms with Gasteiger partial charge in [0.25, 0.3) is 0 Å². The zero-order valence-electron chi connectivity index (χ0n) is 32.7. The number of ether oxygens (including phenoxy) is 1. The van der Waals surface area contributed by atoms with Crippen molar-refractivity contribution in [1.29, 1.82) is 0 Å². The van der Waals surface area contributed by atoms with E-state index in [4.69, 9.17) is 9.84 Å². The van der Waals surface area contributed by atoms with Crippen molar-refractivity contribution < 1.29 is 45.2 Å². The highest BCUT2D eigenvalue weighted by Crippen LogP contribution is 2.51. The van der Waals surface area contributed by atoms with Crippen molar-refractivity contribution in [1.82, 2.24) is 0 Å². The molecule has 58 heavy (non-hydrogen) atoms. The Morgan fingerprint density at radius 2 is 1.52 bits per heavy atom. The van der Waals surface area contributed by atoms with Crippen LogP contribution in [0.5, 0.6) is 0 Å². The molecule has 4 aromatic carbocycles. The number of carboxylic acids is 1. The van der Waals surface area contributed by atoms with Crippen LogP contribution >= 0.6 is 0 Å². The minimum atomic E-state index is -5.15. The predicted molar refractivity (Wildman–Crippen MR) is 227 cm³/mol. The standard InChI is InChI=1S/C44H48N2O9S2.CH4/c1-43(2)39(46(26-27-55-5)35-23-21-30-16-13-14-17-32(30)41(35)43)19-11-8-6-7-10-18-38-44(3,4)42-34-28-31(56(49,50)51)29-37(57(52,53)54)33(34)22-24-36(42)45(38)25-15-9-12-20-40(47)48;/h6-8,10-11,13-14,16-19,21-24,28-29H,9,12,15,20,25-27H2,1-5H3,(H2-,47,48,49,50,51,52,53,54);1H4/p-1. The van der Waals surface area contributed by atoms with Crippen molar-refractivity contribution >= 4 is 64.8 Å². The van der Waals surface area contributed by atoms with Gasteiger partial charge in [0.2, 0.25) is 5.69 Å². The predicted octanol–water partition coefficient (Wildman–Crippen LogP) is 8.46. The lowest BCUT2D eigenvalue weighted by molar-refractivity contribution is -0.438. The maximum atomic E-state index is 12.3. The Bertz CT molecular complexity index is 2630. The van der Waals surface area contributed by atoms with Gasteiger partial charge in [0.05, 0.1) is 21.8 Å². The van der Waals surface area contributed by atoms with Gasteiger partial charge in [-0.05, 0) is 78.8 Å². The molecule has 0 bridgehead atoms. The molecule has 0 saturated heterocycles. The van der Waals surface area contributed by atoms with Crippen molar-refractivity contribution in [3.63, 3.8) is 0 Å². The van der Waals surface area contributed by atoms with Gasteiger partial charge in [-0.25, -0.2) is 16.8 Å². The lowest BCUT2D eigenvalue weighted by Crippen LogP contribution is -2.28. The zero-order chi connectivity index (χ0) is 41.3. The first-order chi connectivity index (χ1) is 26.9. The van der Waals surface area contributed by atoms with Crippen molar-refractivity contribution in [2.75, 3.05) is 31.7 Å². The van der Waals surface area contributed by atoms with E-state index in [-0.39, 0.29) is 30.0 Å². The molecule has 13 heteroatoms. The Kier molecular flexibility index (Phi) is 13.0. The summed E-state index contributed by atoms with van der Waals surface area (Å²) < 4.78 is 81.0. The van der Waals surface area contributed by atoms with Gasteiger partial charge in [0, 0.05) is 66.4 Å². The highest BCUT2D eigenvalue weighted by molar-refractivity contribution is 7.86. The highest BCUT2D eigenvalue weighted by atomic mass is 32.2. The van der Waals surface area contributed by atoms with Gasteiger partial charge < -0.3 is 23.8 Å². The van der Waals surface area contributed by atoms with Crippen LogP contribution in [0.1, 0.15) is 71.9 Å². The summed E-state index contributed by atoms with van der Waals surface area (Å²) in [5, 5.41) is 11.7. The van der Waals surface area contributed by atoms with Gasteiger partial charge in [-0.2, -0.15) is 4.58 Å². The van der Waals surface area contributed by atoms with E-state index < -0.39 is 41.4 Å². The lowest BCUT2D eigenvalue weighted by atomic mass is 9.79. The van der Waals surface area contributed by atoms with E-state index in [1.807, 2.05) is 54.9 Å². The molecule has 0 atom stereocenters. The number of carboxylic acid groups (broad SMARTS) is 1. The smallest absolute Gasteiger partial charge is 0.303 e. The Balaban J connectivity index is 0.00000641. The number of benzene rings is 4. The second-order valence-corrected chi connectivity index (χ2v) is 18.1. The fourth-order valence-corrected chi connectivity index (χ4v) is 9.72. The van der Waals surface area contributed by atoms with Crippen LogP contribution in [0, 0.1) is 0 Å². The molecule has 0 radical (unpaired) electrons. The summed E-state index contributed by atoms with van der Waals surface area (Å²) in [6, 6.07) is 17.7. The van der Waals surface area contributed by atoms with E-state index >= 15 is 0 Å². The molecule has 0 aliphatic carbocycles. The monoisotopic (exact) mass is 827 g/mol. The maximum absolute atomic E-state index is 12.3. The molecule has 4 aromatic rings. The second kappa shape index (κ2) is 17.1. The van der Waals surface area contributed by atoms with Crippen LogP contribution in [-0.2, 0) is 40.6 Å². The van der Waals surface area contributed by atoms with E-state index in [0.717, 1.165) is 17.5 Å². The summed E-state index contributed by atoms with van der Waals surface area (Å²) in [6.07, 6.45) is 15.5. The van der Waals surface area contributed by atoms with Crippen LogP contribution in [0.25, 0.3) is 21.5 Å². The number of unbranched alkanes of at least 4 members (excludes halogenated alkanes) is 2. The second-order valence-electron chi connectivity index (χ2n) is 15.4. The molecule has 308 valence electrons. The molecule has 2 aliphatic rings. The van der Waals surface area contributed by atoms with Crippen LogP contribution in [0.2, 0.25) is 0 Å². The molecular weight excluding hydrogens is 777 g/mol. The van der Waals surface area contributed by atoms with Crippen molar-refractivity contribution in [3.8, 4) is 0 Å². The first-order valence-corrected chi connectivity index (χ1v) is 21.6. The SMILES string of the molecule is C.COCCN1C(=CC=CC=CC=CC2=[N+](CCCCCC(=O)O)c3ccc4c(S(=O)(=O)[O-])cc(S(=O)(=O)[O-])cc4c3C2(C)C)C(C)(C)c2c1ccc1ccccc21. The summed E-state index contributed by atoms with van der Waals surface area (Å²) in [6.45, 7) is 10.1. The summed E-state index contributed by atoms with van der Waals surface area (Å²) in [5.74, 6) is -0.872. The third kappa shape index (κ3) is 8.60. The van der Waals surface area contributed by atoms with Gasteiger partial charge in [-0.15, -0.1) is 0 Å². The summed E-state index contributed by atoms with van der Waals surface area (Å²) in [7, 11) is -8.57. The van der Waals surface area contributed by atoms with Gasteiger partial charge in [-0.1, -0.05) is 82.0 Å². The number of allylic oxidation sites excluding steroid dienone is 8. The number of hydrogen-bond donors (Lipinski definition) is 1. The highest BCUT2D eigenvalue weighted by Gasteiger charge is 2.46. The topological polar surface area (TPSA) is 167 Å². The van der Waals surface area contributed by atoms with Crippen LogP contribution in [-0.4, -0.2) is 74.1 Å². The number of nitrogens with zero attached hydrogens (tertiary/aromatic N) is 2. The number of hydrogen-bond acceptors (Lipinski definition) is 9. The number of methoxy groups -OCH3 is 1.